The predicted molar refractivity (Wildman–Crippen MR) is 107 cm³/mol. The van der Waals surface area contributed by atoms with Gasteiger partial charge in [-0.05, 0) is 42.7 Å². The molecule has 1 aliphatic carbocycles. The summed E-state index contributed by atoms with van der Waals surface area (Å²) in [4.78, 5) is 24.4. The molecule has 8 heteroatoms. The number of carbonyl (C=O) groups excluding carboxylic acids is 2. The molecule has 1 amide bonds. The summed E-state index contributed by atoms with van der Waals surface area (Å²) in [6.07, 6.45) is 1.05. The number of nitrogens with one attached hydrogen (secondary N) is 1. The van der Waals surface area contributed by atoms with Crippen molar-refractivity contribution in [1.82, 2.24) is 10.5 Å². The minimum Gasteiger partial charge on any atom is -0.486 e. The van der Waals surface area contributed by atoms with Crippen molar-refractivity contribution in [3.63, 3.8) is 0 Å². The fourth-order valence-corrected chi connectivity index (χ4v) is 3.21. The predicted octanol–water partition coefficient (Wildman–Crippen LogP) is 3.64. The number of halogens is 1. The lowest BCUT2D eigenvalue weighted by atomic mass is 9.80. The van der Waals surface area contributed by atoms with E-state index in [4.69, 9.17) is 14.0 Å². The molecule has 4 rings (SSSR count). The maximum absolute atomic E-state index is 12.9. The Kier molecular flexibility index (Phi) is 6.26. The molecule has 0 saturated heterocycles. The molecule has 0 aliphatic heterocycles. The van der Waals surface area contributed by atoms with Crippen LogP contribution >= 0.6 is 0 Å². The first-order valence-corrected chi connectivity index (χ1v) is 9.92. The Morgan fingerprint density at radius 1 is 1.06 bits per heavy atom. The lowest BCUT2D eigenvalue weighted by Gasteiger charge is -2.33. The van der Waals surface area contributed by atoms with Crippen LogP contribution in [0.1, 0.15) is 34.7 Å². The molecule has 160 valence electrons. The standard InChI is InChI=1S/C23H21FN2O5/c24-17-6-8-19(9-7-17)29-14-20-12-21(26-31-20)22(27)25-18-10-16(11-18)23(28)30-13-15-4-2-1-3-5-15/h1-9,12,16,18H,10-11,13-14H2,(H,25,27). The van der Waals surface area contributed by atoms with Crippen LogP contribution in [0.4, 0.5) is 4.39 Å². The molecule has 0 bridgehead atoms. The van der Waals surface area contributed by atoms with E-state index >= 15 is 0 Å². The summed E-state index contributed by atoms with van der Waals surface area (Å²) in [5.41, 5.74) is 1.07. The molecule has 3 aromatic rings. The zero-order valence-corrected chi connectivity index (χ0v) is 16.6. The smallest absolute Gasteiger partial charge is 0.309 e. The molecule has 7 nitrogen and oxygen atoms in total. The highest BCUT2D eigenvalue weighted by Crippen LogP contribution is 2.29. The minimum atomic E-state index is -0.377. The van der Waals surface area contributed by atoms with Crippen LogP contribution in [0.3, 0.4) is 0 Å². The van der Waals surface area contributed by atoms with E-state index in [1.807, 2.05) is 30.3 Å². The molecule has 1 N–H and O–H groups in total. The number of hydrogen-bond donors (Lipinski definition) is 1. The maximum atomic E-state index is 12.9. The second-order valence-corrected chi connectivity index (χ2v) is 7.35. The summed E-state index contributed by atoms with van der Waals surface area (Å²) in [6.45, 7) is 0.305. The Morgan fingerprint density at radius 2 is 1.81 bits per heavy atom. The first-order valence-electron chi connectivity index (χ1n) is 9.92. The van der Waals surface area contributed by atoms with Crippen molar-refractivity contribution in [3.8, 4) is 5.75 Å². The van der Waals surface area contributed by atoms with Crippen molar-refractivity contribution >= 4 is 11.9 Å². The van der Waals surface area contributed by atoms with Gasteiger partial charge < -0.3 is 19.3 Å². The van der Waals surface area contributed by atoms with Crippen molar-refractivity contribution in [2.45, 2.75) is 32.1 Å². The van der Waals surface area contributed by atoms with Crippen LogP contribution in [0.5, 0.6) is 5.75 Å². The van der Waals surface area contributed by atoms with Gasteiger partial charge in [0, 0.05) is 12.1 Å². The van der Waals surface area contributed by atoms with Crippen LogP contribution in [0, 0.1) is 11.7 Å². The summed E-state index contributed by atoms with van der Waals surface area (Å²) < 4.78 is 28.8. The highest BCUT2D eigenvalue weighted by molar-refractivity contribution is 5.92. The number of esters is 1. The number of benzene rings is 2. The lowest BCUT2D eigenvalue weighted by Crippen LogP contribution is -2.47. The Hall–Kier alpha value is -3.68. The first-order chi connectivity index (χ1) is 15.1. The van der Waals surface area contributed by atoms with Crippen molar-refractivity contribution in [1.29, 1.82) is 0 Å². The number of aromatic nitrogens is 1. The zero-order chi connectivity index (χ0) is 21.6. The summed E-state index contributed by atoms with van der Waals surface area (Å²) in [5.74, 6) is -0.359. The largest absolute Gasteiger partial charge is 0.486 e. The summed E-state index contributed by atoms with van der Waals surface area (Å²) in [7, 11) is 0. The van der Waals surface area contributed by atoms with Gasteiger partial charge in [-0.15, -0.1) is 0 Å². The molecule has 0 unspecified atom stereocenters. The van der Waals surface area contributed by atoms with Gasteiger partial charge in [0.2, 0.25) is 0 Å². The van der Waals surface area contributed by atoms with E-state index in [1.165, 1.54) is 30.3 Å². The topological polar surface area (TPSA) is 90.7 Å². The fourth-order valence-electron chi connectivity index (χ4n) is 3.21. The molecule has 0 radical (unpaired) electrons. The Labute approximate surface area is 178 Å². The van der Waals surface area contributed by atoms with E-state index in [0.29, 0.717) is 24.4 Å². The van der Waals surface area contributed by atoms with Gasteiger partial charge in [-0.25, -0.2) is 4.39 Å². The number of carbonyl (C=O) groups is 2. The maximum Gasteiger partial charge on any atom is 0.309 e. The molecule has 1 aliphatic rings. The molecular formula is C23H21FN2O5. The monoisotopic (exact) mass is 424 g/mol. The quantitative estimate of drug-likeness (QED) is 0.555. The van der Waals surface area contributed by atoms with Gasteiger partial charge >= 0.3 is 5.97 Å². The Bertz CT molecular complexity index is 1030. The average Bonchev–Trinajstić information content (AvgIpc) is 3.24. The zero-order valence-electron chi connectivity index (χ0n) is 16.6. The van der Waals surface area contributed by atoms with Crippen molar-refractivity contribution < 1.29 is 28.0 Å². The van der Waals surface area contributed by atoms with Gasteiger partial charge in [0.1, 0.15) is 24.8 Å². The number of hydrogen-bond acceptors (Lipinski definition) is 6. The van der Waals surface area contributed by atoms with Crippen LogP contribution in [0.15, 0.2) is 65.2 Å². The normalized spacial score (nSPS) is 17.5. The van der Waals surface area contributed by atoms with E-state index in [0.717, 1.165) is 5.56 Å². The van der Waals surface area contributed by atoms with Crippen LogP contribution in [-0.2, 0) is 22.7 Å². The van der Waals surface area contributed by atoms with Crippen molar-refractivity contribution in [2.24, 2.45) is 5.92 Å². The Morgan fingerprint density at radius 3 is 2.55 bits per heavy atom. The van der Waals surface area contributed by atoms with Gasteiger partial charge in [0.05, 0.1) is 5.92 Å². The van der Waals surface area contributed by atoms with Crippen LogP contribution in [0.25, 0.3) is 0 Å². The molecule has 1 saturated carbocycles. The van der Waals surface area contributed by atoms with E-state index in [1.54, 1.807) is 0 Å². The van der Waals surface area contributed by atoms with Crippen LogP contribution in [0.2, 0.25) is 0 Å². The molecule has 1 fully saturated rings. The summed E-state index contributed by atoms with van der Waals surface area (Å²) in [6, 6.07) is 16.4. The van der Waals surface area contributed by atoms with Crippen LogP contribution in [-0.4, -0.2) is 23.1 Å². The molecule has 2 aromatic carbocycles. The third-order valence-electron chi connectivity index (χ3n) is 5.02. The van der Waals surface area contributed by atoms with E-state index < -0.39 is 0 Å². The number of rotatable bonds is 8. The minimum absolute atomic E-state index is 0.0602. The molecule has 1 aromatic heterocycles. The van der Waals surface area contributed by atoms with Gasteiger partial charge in [-0.2, -0.15) is 0 Å². The number of nitrogens with zero attached hydrogens (tertiary/aromatic N) is 1. The number of ether oxygens (including phenoxy) is 2. The third kappa shape index (κ3) is 5.48. The van der Waals surface area contributed by atoms with Gasteiger partial charge in [0.15, 0.2) is 11.5 Å². The van der Waals surface area contributed by atoms with Crippen molar-refractivity contribution in [3.05, 3.63) is 83.5 Å². The van der Waals surface area contributed by atoms with E-state index in [-0.39, 0.29) is 48.6 Å². The molecule has 31 heavy (non-hydrogen) atoms. The van der Waals surface area contributed by atoms with Crippen molar-refractivity contribution in [2.75, 3.05) is 0 Å². The van der Waals surface area contributed by atoms with Gasteiger partial charge in [0.25, 0.3) is 5.91 Å². The first kappa shape index (κ1) is 20.6. The SMILES string of the molecule is O=C(NC1CC(C(=O)OCc2ccccc2)C1)c1cc(COc2ccc(F)cc2)on1. The fraction of sp³-hybridized carbons (Fsp3) is 0.261. The average molecular weight is 424 g/mol. The molecular weight excluding hydrogens is 403 g/mol. The van der Waals surface area contributed by atoms with E-state index in [9.17, 15) is 14.0 Å². The van der Waals surface area contributed by atoms with Gasteiger partial charge in [-0.3, -0.25) is 9.59 Å². The second-order valence-electron chi connectivity index (χ2n) is 7.35. The second kappa shape index (κ2) is 9.42. The van der Waals surface area contributed by atoms with Crippen LogP contribution < -0.4 is 10.1 Å². The molecule has 0 spiro atoms. The summed E-state index contributed by atoms with van der Waals surface area (Å²) >= 11 is 0. The number of amides is 1. The molecule has 0 atom stereocenters. The third-order valence-corrected chi connectivity index (χ3v) is 5.02. The van der Waals surface area contributed by atoms with Gasteiger partial charge in [-0.1, -0.05) is 35.5 Å². The molecule has 1 heterocycles. The highest BCUT2D eigenvalue weighted by atomic mass is 19.1. The summed E-state index contributed by atoms with van der Waals surface area (Å²) in [5, 5.41) is 6.59. The van der Waals surface area contributed by atoms with E-state index in [2.05, 4.69) is 10.5 Å². The Balaban J connectivity index is 1.18. The lowest BCUT2D eigenvalue weighted by molar-refractivity contribution is -0.153. The highest BCUT2D eigenvalue weighted by Gasteiger charge is 2.37.